The Balaban J connectivity index is 1.65. The number of benzene rings is 1. The third-order valence-corrected chi connectivity index (χ3v) is 4.06. The number of halogens is 1. The van der Waals surface area contributed by atoms with Crippen molar-refractivity contribution in [3.05, 3.63) is 54.1 Å². The van der Waals surface area contributed by atoms with Crippen LogP contribution in [-0.4, -0.2) is 38.9 Å². The Morgan fingerprint density at radius 2 is 2.14 bits per heavy atom. The van der Waals surface area contributed by atoms with Gasteiger partial charge in [0, 0.05) is 6.04 Å². The fourth-order valence-corrected chi connectivity index (χ4v) is 2.91. The molecule has 0 amide bonds. The molecule has 1 aromatic heterocycles. The summed E-state index contributed by atoms with van der Waals surface area (Å²) in [4.78, 5) is 6.66. The summed E-state index contributed by atoms with van der Waals surface area (Å²) in [6.45, 7) is 1.65. The van der Waals surface area contributed by atoms with Crippen molar-refractivity contribution >= 4 is 6.08 Å². The monoisotopic (exact) mass is 300 g/mol. The predicted molar refractivity (Wildman–Crippen MR) is 84.9 cm³/mol. The van der Waals surface area contributed by atoms with Gasteiger partial charge in [-0.2, -0.15) is 5.10 Å². The molecule has 1 fully saturated rings. The zero-order chi connectivity index (χ0) is 15.2. The molecule has 0 spiro atoms. The summed E-state index contributed by atoms with van der Waals surface area (Å²) in [6.07, 6.45) is 8.28. The van der Waals surface area contributed by atoms with E-state index in [1.807, 2.05) is 18.2 Å². The van der Waals surface area contributed by atoms with Crippen molar-refractivity contribution in [3.8, 4) is 0 Å². The highest BCUT2D eigenvalue weighted by molar-refractivity contribution is 5.49. The molecule has 0 unspecified atom stereocenters. The molecule has 0 N–H and O–H groups in total. The van der Waals surface area contributed by atoms with Gasteiger partial charge in [0.15, 0.2) is 0 Å². The molecular weight excluding hydrogens is 279 g/mol. The van der Waals surface area contributed by atoms with Gasteiger partial charge in [0.25, 0.3) is 0 Å². The SMILES string of the molecule is FCCn1ncnc1CN1CCC[C@@H]1/C=C/c1ccccc1. The minimum Gasteiger partial charge on any atom is -0.289 e. The van der Waals surface area contributed by atoms with Crippen molar-refractivity contribution in [2.75, 3.05) is 13.2 Å². The van der Waals surface area contributed by atoms with Crippen LogP contribution < -0.4 is 0 Å². The van der Waals surface area contributed by atoms with Gasteiger partial charge in [-0.15, -0.1) is 0 Å². The third-order valence-electron chi connectivity index (χ3n) is 4.06. The summed E-state index contributed by atoms with van der Waals surface area (Å²) in [5.74, 6) is 0.845. The van der Waals surface area contributed by atoms with Crippen LogP contribution in [0.15, 0.2) is 42.7 Å². The summed E-state index contributed by atoms with van der Waals surface area (Å²) in [6, 6.07) is 10.7. The minimum atomic E-state index is -0.409. The first-order chi connectivity index (χ1) is 10.9. The van der Waals surface area contributed by atoms with Crippen LogP contribution in [0.1, 0.15) is 24.2 Å². The van der Waals surface area contributed by atoms with E-state index in [0.29, 0.717) is 6.04 Å². The van der Waals surface area contributed by atoms with Crippen LogP contribution >= 0.6 is 0 Å². The number of aryl methyl sites for hydroxylation is 1. The molecule has 5 heteroatoms. The van der Waals surface area contributed by atoms with E-state index in [4.69, 9.17) is 0 Å². The number of nitrogens with zero attached hydrogens (tertiary/aromatic N) is 4. The van der Waals surface area contributed by atoms with E-state index in [9.17, 15) is 4.39 Å². The molecule has 0 saturated carbocycles. The Morgan fingerprint density at radius 3 is 2.95 bits per heavy atom. The Bertz CT molecular complexity index is 608. The van der Waals surface area contributed by atoms with E-state index in [1.165, 1.54) is 18.3 Å². The van der Waals surface area contributed by atoms with E-state index in [0.717, 1.165) is 25.3 Å². The Kier molecular flexibility index (Phi) is 4.96. The van der Waals surface area contributed by atoms with Gasteiger partial charge in [-0.3, -0.25) is 4.90 Å². The maximum absolute atomic E-state index is 12.5. The molecule has 1 aliphatic rings. The van der Waals surface area contributed by atoms with Crippen LogP contribution in [0.2, 0.25) is 0 Å². The fraction of sp³-hybridized carbons (Fsp3) is 0.412. The van der Waals surface area contributed by atoms with E-state index < -0.39 is 6.67 Å². The lowest BCUT2D eigenvalue weighted by Gasteiger charge is -2.21. The Morgan fingerprint density at radius 1 is 1.27 bits per heavy atom. The molecule has 3 rings (SSSR count). The van der Waals surface area contributed by atoms with Crippen molar-refractivity contribution in [2.45, 2.75) is 32.0 Å². The largest absolute Gasteiger partial charge is 0.289 e. The molecule has 2 heterocycles. The second-order valence-corrected chi connectivity index (χ2v) is 5.54. The van der Waals surface area contributed by atoms with E-state index >= 15 is 0 Å². The molecule has 1 saturated heterocycles. The highest BCUT2D eigenvalue weighted by atomic mass is 19.1. The maximum Gasteiger partial charge on any atom is 0.141 e. The van der Waals surface area contributed by atoms with Gasteiger partial charge >= 0.3 is 0 Å². The van der Waals surface area contributed by atoms with Crippen molar-refractivity contribution < 1.29 is 4.39 Å². The molecule has 22 heavy (non-hydrogen) atoms. The molecular formula is C17H21FN4. The normalized spacial score (nSPS) is 19.2. The third kappa shape index (κ3) is 3.60. The molecule has 0 radical (unpaired) electrons. The first kappa shape index (κ1) is 14.9. The predicted octanol–water partition coefficient (Wildman–Crippen LogP) is 2.93. The molecule has 1 aromatic carbocycles. The first-order valence-corrected chi connectivity index (χ1v) is 7.77. The zero-order valence-corrected chi connectivity index (χ0v) is 12.6. The number of rotatable bonds is 6. The molecule has 0 bridgehead atoms. The van der Waals surface area contributed by atoms with Gasteiger partial charge in [0.1, 0.15) is 18.8 Å². The van der Waals surface area contributed by atoms with Crippen LogP contribution in [0.25, 0.3) is 6.08 Å². The molecule has 2 aromatic rings. The Hall–Kier alpha value is -2.01. The van der Waals surface area contributed by atoms with Crippen molar-refractivity contribution in [2.24, 2.45) is 0 Å². The number of alkyl halides is 1. The molecule has 116 valence electrons. The van der Waals surface area contributed by atoms with Crippen LogP contribution in [-0.2, 0) is 13.1 Å². The topological polar surface area (TPSA) is 34.0 Å². The number of hydrogen-bond acceptors (Lipinski definition) is 3. The van der Waals surface area contributed by atoms with Crippen LogP contribution in [0.5, 0.6) is 0 Å². The van der Waals surface area contributed by atoms with Crippen molar-refractivity contribution in [1.82, 2.24) is 19.7 Å². The highest BCUT2D eigenvalue weighted by Gasteiger charge is 2.23. The quantitative estimate of drug-likeness (QED) is 0.822. The first-order valence-electron chi connectivity index (χ1n) is 7.77. The summed E-state index contributed by atoms with van der Waals surface area (Å²) in [7, 11) is 0. The summed E-state index contributed by atoms with van der Waals surface area (Å²) in [5.41, 5.74) is 1.22. The van der Waals surface area contributed by atoms with Crippen molar-refractivity contribution in [1.29, 1.82) is 0 Å². The highest BCUT2D eigenvalue weighted by Crippen LogP contribution is 2.21. The van der Waals surface area contributed by atoms with Gasteiger partial charge in [-0.1, -0.05) is 42.5 Å². The zero-order valence-electron chi connectivity index (χ0n) is 12.6. The fourth-order valence-electron chi connectivity index (χ4n) is 2.91. The van der Waals surface area contributed by atoms with Crippen molar-refractivity contribution in [3.63, 3.8) is 0 Å². The molecule has 4 nitrogen and oxygen atoms in total. The van der Waals surface area contributed by atoms with E-state index in [-0.39, 0.29) is 6.54 Å². The molecule has 0 aliphatic carbocycles. The number of hydrogen-bond donors (Lipinski definition) is 0. The maximum atomic E-state index is 12.5. The standard InChI is InChI=1S/C17H21FN4/c18-10-12-22-17(19-14-20-22)13-21-11-4-7-16(21)9-8-15-5-2-1-3-6-15/h1-3,5-6,8-9,14,16H,4,7,10-13H2/b9-8+/t16-/m1/s1. The van der Waals surface area contributed by atoms with Crippen LogP contribution in [0.4, 0.5) is 4.39 Å². The lowest BCUT2D eigenvalue weighted by atomic mass is 10.1. The van der Waals surface area contributed by atoms with Gasteiger partial charge in [0.05, 0.1) is 13.1 Å². The second-order valence-electron chi connectivity index (χ2n) is 5.54. The van der Waals surface area contributed by atoms with Gasteiger partial charge < -0.3 is 0 Å². The van der Waals surface area contributed by atoms with Gasteiger partial charge in [0.2, 0.25) is 0 Å². The van der Waals surface area contributed by atoms with Crippen LogP contribution in [0, 0.1) is 0 Å². The number of likely N-dealkylation sites (tertiary alicyclic amines) is 1. The Labute approximate surface area is 130 Å². The summed E-state index contributed by atoms with van der Waals surface area (Å²) < 4.78 is 14.2. The lowest BCUT2D eigenvalue weighted by molar-refractivity contribution is 0.266. The second kappa shape index (κ2) is 7.31. The van der Waals surface area contributed by atoms with E-state index in [1.54, 1.807) is 4.68 Å². The smallest absolute Gasteiger partial charge is 0.141 e. The average Bonchev–Trinajstić information content (AvgIpc) is 3.17. The average molecular weight is 300 g/mol. The lowest BCUT2D eigenvalue weighted by Crippen LogP contribution is -2.29. The van der Waals surface area contributed by atoms with Crippen LogP contribution in [0.3, 0.4) is 0 Å². The number of aromatic nitrogens is 3. The minimum absolute atomic E-state index is 0.285. The molecule has 1 atom stereocenters. The summed E-state index contributed by atoms with van der Waals surface area (Å²) in [5, 5.41) is 4.09. The molecule has 1 aliphatic heterocycles. The van der Waals surface area contributed by atoms with Gasteiger partial charge in [-0.05, 0) is 24.9 Å². The van der Waals surface area contributed by atoms with Gasteiger partial charge in [-0.25, -0.2) is 14.1 Å². The van der Waals surface area contributed by atoms with E-state index in [2.05, 4.69) is 39.3 Å². The summed E-state index contributed by atoms with van der Waals surface area (Å²) >= 11 is 0.